The quantitative estimate of drug-likeness (QED) is 0.841. The number of anilines is 1. The molecule has 0 bridgehead atoms. The molecule has 1 aromatic rings. The first-order valence-electron chi connectivity index (χ1n) is 6.36. The highest BCUT2D eigenvalue weighted by Crippen LogP contribution is 2.30. The van der Waals surface area contributed by atoms with Gasteiger partial charge in [0.25, 0.3) is 17.9 Å². The first kappa shape index (κ1) is 13.4. The van der Waals surface area contributed by atoms with Crippen molar-refractivity contribution in [3.8, 4) is 5.75 Å². The Balaban J connectivity index is 2.19. The molecule has 5 heteroatoms. The molecule has 0 aromatic heterocycles. The monoisotopic (exact) mass is 262 g/mol. The van der Waals surface area contributed by atoms with E-state index in [2.05, 4.69) is 5.32 Å². The van der Waals surface area contributed by atoms with Crippen LogP contribution in [0.15, 0.2) is 18.2 Å². The summed E-state index contributed by atoms with van der Waals surface area (Å²) in [6.45, 7) is 4.51. The van der Waals surface area contributed by atoms with Crippen molar-refractivity contribution in [3.63, 3.8) is 0 Å². The third kappa shape index (κ3) is 2.70. The van der Waals surface area contributed by atoms with E-state index in [0.29, 0.717) is 18.0 Å². The van der Waals surface area contributed by atoms with Gasteiger partial charge in [-0.1, -0.05) is 13.0 Å². The molecule has 1 atom stereocenters. The summed E-state index contributed by atoms with van der Waals surface area (Å²) in [7, 11) is 1.67. The Morgan fingerprint density at radius 3 is 2.89 bits per heavy atom. The van der Waals surface area contributed by atoms with Crippen LogP contribution in [0.2, 0.25) is 0 Å². The van der Waals surface area contributed by atoms with E-state index >= 15 is 0 Å². The lowest BCUT2D eigenvalue weighted by Crippen LogP contribution is -2.49. The minimum absolute atomic E-state index is 0.314. The van der Waals surface area contributed by atoms with Crippen molar-refractivity contribution >= 4 is 17.5 Å². The number of rotatable bonds is 3. The minimum atomic E-state index is -1.09. The Hall–Kier alpha value is -2.04. The van der Waals surface area contributed by atoms with Crippen molar-refractivity contribution in [2.75, 3.05) is 18.9 Å². The van der Waals surface area contributed by atoms with Gasteiger partial charge in [0.2, 0.25) is 0 Å². The molecule has 1 aliphatic heterocycles. The molecule has 102 valence electrons. The van der Waals surface area contributed by atoms with E-state index in [4.69, 9.17) is 4.74 Å². The van der Waals surface area contributed by atoms with Crippen LogP contribution in [0.5, 0.6) is 5.75 Å². The van der Waals surface area contributed by atoms with Gasteiger partial charge >= 0.3 is 0 Å². The molecular weight excluding hydrogens is 244 g/mol. The van der Waals surface area contributed by atoms with E-state index in [1.807, 2.05) is 26.0 Å². The number of likely N-dealkylation sites (N-methyl/N-ethyl adjacent to an activating group) is 1. The predicted molar refractivity (Wildman–Crippen MR) is 72.2 cm³/mol. The number of hydrogen-bond donors (Lipinski definition) is 1. The molecule has 1 unspecified atom stereocenters. The van der Waals surface area contributed by atoms with Gasteiger partial charge in [-0.3, -0.25) is 9.59 Å². The number of hydrogen-bond acceptors (Lipinski definition) is 3. The Bertz CT molecular complexity index is 513. The molecule has 0 saturated heterocycles. The molecule has 0 spiro atoms. The maximum atomic E-state index is 12.1. The van der Waals surface area contributed by atoms with Crippen molar-refractivity contribution in [1.29, 1.82) is 0 Å². The summed E-state index contributed by atoms with van der Waals surface area (Å²) in [5.41, 5.74) is 1.64. The van der Waals surface area contributed by atoms with E-state index in [-0.39, 0.29) is 5.91 Å². The second-order valence-electron chi connectivity index (χ2n) is 4.75. The molecule has 1 N–H and O–H groups in total. The molecule has 2 rings (SSSR count). The number of carbonyl (C=O) groups is 2. The largest absolute Gasteiger partial charge is 0.468 e. The second kappa shape index (κ2) is 5.30. The summed E-state index contributed by atoms with van der Waals surface area (Å²) in [5, 5.41) is 2.72. The lowest BCUT2D eigenvalue weighted by molar-refractivity contribution is -0.143. The third-order valence-corrected chi connectivity index (χ3v) is 3.04. The van der Waals surface area contributed by atoms with Gasteiger partial charge in [-0.05, 0) is 31.0 Å². The molecule has 0 aliphatic carbocycles. The van der Waals surface area contributed by atoms with E-state index in [0.717, 1.165) is 12.0 Å². The topological polar surface area (TPSA) is 58.6 Å². The number of amides is 2. The summed E-state index contributed by atoms with van der Waals surface area (Å²) in [6, 6.07) is 5.47. The maximum absolute atomic E-state index is 12.1. The lowest BCUT2D eigenvalue weighted by Gasteiger charge is -2.28. The normalized spacial score (nSPS) is 17.2. The Kier molecular flexibility index (Phi) is 3.74. The predicted octanol–water partition coefficient (Wildman–Crippen LogP) is 1.56. The van der Waals surface area contributed by atoms with Crippen molar-refractivity contribution < 1.29 is 14.3 Å². The molecule has 0 radical (unpaired) electrons. The van der Waals surface area contributed by atoms with Crippen LogP contribution in [-0.2, 0) is 9.59 Å². The van der Waals surface area contributed by atoms with Gasteiger partial charge in [-0.25, -0.2) is 0 Å². The molecule has 1 aliphatic rings. The molecular formula is C14H18N2O3. The first-order chi connectivity index (χ1) is 9.02. The average molecular weight is 262 g/mol. The molecule has 0 saturated carbocycles. The highest BCUT2D eigenvalue weighted by atomic mass is 16.5. The van der Waals surface area contributed by atoms with Crippen molar-refractivity contribution in [2.45, 2.75) is 26.4 Å². The molecule has 19 heavy (non-hydrogen) atoms. The highest BCUT2D eigenvalue weighted by molar-refractivity contribution is 6.11. The molecule has 1 aromatic carbocycles. The van der Waals surface area contributed by atoms with Crippen LogP contribution in [0.4, 0.5) is 5.69 Å². The molecule has 0 fully saturated rings. The zero-order chi connectivity index (χ0) is 14.0. The van der Waals surface area contributed by atoms with E-state index < -0.39 is 12.0 Å². The number of carbonyl (C=O) groups excluding carboxylic acids is 2. The summed E-state index contributed by atoms with van der Waals surface area (Å²) in [6.07, 6.45) is -0.251. The fourth-order valence-electron chi connectivity index (χ4n) is 2.03. The van der Waals surface area contributed by atoms with E-state index in [9.17, 15) is 9.59 Å². The Morgan fingerprint density at radius 2 is 2.21 bits per heavy atom. The van der Waals surface area contributed by atoms with E-state index in [1.165, 1.54) is 4.90 Å². The van der Waals surface area contributed by atoms with Gasteiger partial charge in [-0.15, -0.1) is 0 Å². The fraction of sp³-hybridized carbons (Fsp3) is 0.429. The smallest absolute Gasteiger partial charge is 0.275 e. The van der Waals surface area contributed by atoms with Crippen LogP contribution >= 0.6 is 0 Å². The minimum Gasteiger partial charge on any atom is -0.468 e. The van der Waals surface area contributed by atoms with Crippen molar-refractivity contribution in [2.24, 2.45) is 0 Å². The standard InChI is InChI=1S/C14H18N2O3/c1-4-7-16(3)14(18)12-13(17)15-10-8-9(2)5-6-11(10)19-12/h5-6,8,12H,4,7H2,1-3H3,(H,15,17). The number of fused-ring (bicyclic) bond motifs is 1. The van der Waals surface area contributed by atoms with Crippen LogP contribution in [-0.4, -0.2) is 36.4 Å². The fourth-order valence-corrected chi connectivity index (χ4v) is 2.03. The number of benzene rings is 1. The SMILES string of the molecule is CCCN(C)C(=O)C1Oc2ccc(C)cc2NC1=O. The Morgan fingerprint density at radius 1 is 1.47 bits per heavy atom. The van der Waals surface area contributed by atoms with Gasteiger partial charge in [0.15, 0.2) is 0 Å². The molecule has 1 heterocycles. The summed E-state index contributed by atoms with van der Waals surface area (Å²) < 4.78 is 5.53. The number of nitrogens with zero attached hydrogens (tertiary/aromatic N) is 1. The van der Waals surface area contributed by atoms with Gasteiger partial charge < -0.3 is 15.0 Å². The first-order valence-corrected chi connectivity index (χ1v) is 6.36. The number of ether oxygens (including phenoxy) is 1. The number of nitrogens with one attached hydrogen (secondary N) is 1. The van der Waals surface area contributed by atoms with Crippen molar-refractivity contribution in [1.82, 2.24) is 4.90 Å². The van der Waals surface area contributed by atoms with Crippen LogP contribution < -0.4 is 10.1 Å². The summed E-state index contributed by atoms with van der Waals surface area (Å²) in [4.78, 5) is 25.6. The summed E-state index contributed by atoms with van der Waals surface area (Å²) in [5.74, 6) is -0.190. The zero-order valence-electron chi connectivity index (χ0n) is 11.4. The second-order valence-corrected chi connectivity index (χ2v) is 4.75. The number of aryl methyl sites for hydroxylation is 1. The van der Waals surface area contributed by atoms with Gasteiger partial charge in [0.1, 0.15) is 5.75 Å². The highest BCUT2D eigenvalue weighted by Gasteiger charge is 2.35. The lowest BCUT2D eigenvalue weighted by atomic mass is 10.1. The molecule has 5 nitrogen and oxygen atoms in total. The van der Waals surface area contributed by atoms with Crippen LogP contribution in [0.25, 0.3) is 0 Å². The maximum Gasteiger partial charge on any atom is 0.275 e. The van der Waals surface area contributed by atoms with Gasteiger partial charge in [0.05, 0.1) is 5.69 Å². The van der Waals surface area contributed by atoms with Crippen LogP contribution in [0.3, 0.4) is 0 Å². The zero-order valence-corrected chi connectivity index (χ0v) is 11.4. The van der Waals surface area contributed by atoms with E-state index in [1.54, 1.807) is 13.1 Å². The average Bonchev–Trinajstić information content (AvgIpc) is 2.37. The van der Waals surface area contributed by atoms with Gasteiger partial charge in [0, 0.05) is 13.6 Å². The van der Waals surface area contributed by atoms with Crippen molar-refractivity contribution in [3.05, 3.63) is 23.8 Å². The Labute approximate surface area is 112 Å². The van der Waals surface area contributed by atoms with Crippen LogP contribution in [0, 0.1) is 6.92 Å². The molecule has 2 amide bonds. The van der Waals surface area contributed by atoms with Gasteiger partial charge in [-0.2, -0.15) is 0 Å². The van der Waals surface area contributed by atoms with Crippen LogP contribution in [0.1, 0.15) is 18.9 Å². The summed E-state index contributed by atoms with van der Waals surface area (Å²) >= 11 is 0. The third-order valence-electron chi connectivity index (χ3n) is 3.04.